The Bertz CT molecular complexity index is 483. The largest absolute Gasteiger partial charge is 0.496 e. The summed E-state index contributed by atoms with van der Waals surface area (Å²) in [5.74, 6) is 0.948. The molecule has 2 unspecified atom stereocenters. The molecule has 2 aliphatic rings. The number of morpholine rings is 1. The Hall–Kier alpha value is -0.620. The van der Waals surface area contributed by atoms with Gasteiger partial charge in [0.05, 0.1) is 19.8 Å². The molecule has 0 radical (unpaired) electrons. The SMILES string of the molecule is COc1cc(Br)ccc1CN1CC2OCCN(C)C2C1. The molecule has 3 rings (SSSR count). The van der Waals surface area contributed by atoms with E-state index in [0.717, 1.165) is 43.0 Å². The molecule has 20 heavy (non-hydrogen) atoms. The molecule has 2 fully saturated rings. The van der Waals surface area contributed by atoms with Gasteiger partial charge in [0.25, 0.3) is 0 Å². The first-order chi connectivity index (χ1) is 9.67. The van der Waals surface area contributed by atoms with Gasteiger partial charge in [-0.1, -0.05) is 22.0 Å². The summed E-state index contributed by atoms with van der Waals surface area (Å²) in [6.07, 6.45) is 0.357. The van der Waals surface area contributed by atoms with E-state index in [1.165, 1.54) is 5.56 Å². The van der Waals surface area contributed by atoms with E-state index in [-0.39, 0.29) is 0 Å². The summed E-state index contributed by atoms with van der Waals surface area (Å²) in [6.45, 7) is 4.89. The lowest BCUT2D eigenvalue weighted by Crippen LogP contribution is -2.48. The molecule has 2 aliphatic heterocycles. The van der Waals surface area contributed by atoms with E-state index in [1.54, 1.807) is 7.11 Å². The van der Waals surface area contributed by atoms with Gasteiger partial charge in [-0.15, -0.1) is 0 Å². The lowest BCUT2D eigenvalue weighted by molar-refractivity contribution is -0.0370. The van der Waals surface area contributed by atoms with Crippen LogP contribution in [0.3, 0.4) is 0 Å². The number of fused-ring (bicyclic) bond motifs is 1. The normalized spacial score (nSPS) is 27.6. The van der Waals surface area contributed by atoms with E-state index in [0.29, 0.717) is 12.1 Å². The Balaban J connectivity index is 1.70. The highest BCUT2D eigenvalue weighted by molar-refractivity contribution is 9.10. The predicted octanol–water partition coefficient (Wildman–Crippen LogP) is 1.97. The highest BCUT2D eigenvalue weighted by atomic mass is 79.9. The molecular weight excluding hydrogens is 320 g/mol. The minimum Gasteiger partial charge on any atom is -0.496 e. The van der Waals surface area contributed by atoms with Crippen LogP contribution in [0.4, 0.5) is 0 Å². The molecular formula is C15H21BrN2O2. The van der Waals surface area contributed by atoms with Crippen LogP contribution < -0.4 is 4.74 Å². The highest BCUT2D eigenvalue weighted by Gasteiger charge is 2.38. The van der Waals surface area contributed by atoms with Crippen LogP contribution in [0.5, 0.6) is 5.75 Å². The molecule has 0 aromatic heterocycles. The molecule has 1 aromatic carbocycles. The van der Waals surface area contributed by atoms with E-state index in [1.807, 2.05) is 6.07 Å². The third-order valence-corrected chi connectivity index (χ3v) is 4.79. The van der Waals surface area contributed by atoms with Gasteiger partial charge < -0.3 is 9.47 Å². The zero-order valence-electron chi connectivity index (χ0n) is 12.0. The molecule has 2 saturated heterocycles. The fourth-order valence-corrected chi connectivity index (χ4v) is 3.49. The van der Waals surface area contributed by atoms with Gasteiger partial charge in [0, 0.05) is 42.3 Å². The second-order valence-electron chi connectivity index (χ2n) is 5.61. The number of nitrogens with zero attached hydrogens (tertiary/aromatic N) is 2. The van der Waals surface area contributed by atoms with Crippen LogP contribution in [0.25, 0.3) is 0 Å². The maximum atomic E-state index is 5.89. The van der Waals surface area contributed by atoms with Crippen LogP contribution in [-0.2, 0) is 11.3 Å². The summed E-state index contributed by atoms with van der Waals surface area (Å²) < 4.78 is 12.4. The van der Waals surface area contributed by atoms with E-state index < -0.39 is 0 Å². The topological polar surface area (TPSA) is 24.9 Å². The zero-order valence-corrected chi connectivity index (χ0v) is 13.6. The average Bonchev–Trinajstić information content (AvgIpc) is 2.85. The first-order valence-corrected chi connectivity index (χ1v) is 7.83. The van der Waals surface area contributed by atoms with Gasteiger partial charge in [0.1, 0.15) is 5.75 Å². The number of methoxy groups -OCH3 is 1. The number of hydrogen-bond donors (Lipinski definition) is 0. The second kappa shape index (κ2) is 6.02. The number of halogens is 1. The van der Waals surface area contributed by atoms with E-state index in [9.17, 15) is 0 Å². The molecule has 0 saturated carbocycles. The maximum absolute atomic E-state index is 5.89. The van der Waals surface area contributed by atoms with Crippen molar-refractivity contribution >= 4 is 15.9 Å². The summed E-state index contributed by atoms with van der Waals surface area (Å²) in [5.41, 5.74) is 1.23. The summed E-state index contributed by atoms with van der Waals surface area (Å²) in [6, 6.07) is 6.77. The second-order valence-corrected chi connectivity index (χ2v) is 6.52. The van der Waals surface area contributed by atoms with Crippen LogP contribution in [0.15, 0.2) is 22.7 Å². The molecule has 5 heteroatoms. The third kappa shape index (κ3) is 2.86. The molecule has 0 amide bonds. The highest BCUT2D eigenvalue weighted by Crippen LogP contribution is 2.28. The maximum Gasteiger partial charge on any atom is 0.124 e. The van der Waals surface area contributed by atoms with Crippen LogP contribution in [0, 0.1) is 0 Å². The quantitative estimate of drug-likeness (QED) is 0.839. The van der Waals surface area contributed by atoms with Gasteiger partial charge in [0.2, 0.25) is 0 Å². The van der Waals surface area contributed by atoms with E-state index >= 15 is 0 Å². The number of hydrogen-bond acceptors (Lipinski definition) is 4. The lowest BCUT2D eigenvalue weighted by atomic mass is 10.1. The summed E-state index contributed by atoms with van der Waals surface area (Å²) >= 11 is 3.49. The predicted molar refractivity (Wildman–Crippen MR) is 82.1 cm³/mol. The van der Waals surface area contributed by atoms with Crippen LogP contribution in [-0.4, -0.2) is 62.3 Å². The van der Waals surface area contributed by atoms with Gasteiger partial charge in [0.15, 0.2) is 0 Å². The Morgan fingerprint density at radius 1 is 1.40 bits per heavy atom. The summed E-state index contributed by atoms with van der Waals surface area (Å²) in [4.78, 5) is 4.88. The van der Waals surface area contributed by atoms with Crippen molar-refractivity contribution in [3.05, 3.63) is 28.2 Å². The van der Waals surface area contributed by atoms with Crippen molar-refractivity contribution in [2.45, 2.75) is 18.7 Å². The monoisotopic (exact) mass is 340 g/mol. The van der Waals surface area contributed by atoms with Gasteiger partial charge in [-0.25, -0.2) is 0 Å². The standard InChI is InChI=1S/C15H21BrN2O2/c1-17-5-6-20-15-10-18(9-13(15)17)8-11-3-4-12(16)7-14(11)19-2/h3-4,7,13,15H,5-6,8-10H2,1-2H3. The molecule has 110 valence electrons. The van der Waals surface area contributed by atoms with Crippen LogP contribution in [0.1, 0.15) is 5.56 Å². The van der Waals surface area contributed by atoms with Crippen molar-refractivity contribution in [1.29, 1.82) is 0 Å². The lowest BCUT2D eigenvalue weighted by Gasteiger charge is -2.33. The molecule has 2 atom stereocenters. The van der Waals surface area contributed by atoms with Gasteiger partial charge in [-0.3, -0.25) is 9.80 Å². The Kier molecular flexibility index (Phi) is 4.31. The molecule has 0 bridgehead atoms. The zero-order chi connectivity index (χ0) is 14.1. The van der Waals surface area contributed by atoms with Crippen molar-refractivity contribution in [1.82, 2.24) is 9.80 Å². The van der Waals surface area contributed by atoms with Crippen molar-refractivity contribution in [3.8, 4) is 5.75 Å². The number of likely N-dealkylation sites (N-methyl/N-ethyl adjacent to an activating group) is 1. The summed E-state index contributed by atoms with van der Waals surface area (Å²) in [5, 5.41) is 0. The van der Waals surface area contributed by atoms with Crippen LogP contribution >= 0.6 is 15.9 Å². The van der Waals surface area contributed by atoms with Crippen molar-refractivity contribution in [2.24, 2.45) is 0 Å². The molecule has 1 aromatic rings. The van der Waals surface area contributed by atoms with Gasteiger partial charge in [-0.05, 0) is 19.2 Å². The first kappa shape index (κ1) is 14.3. The minimum absolute atomic E-state index is 0.357. The van der Waals surface area contributed by atoms with Gasteiger partial charge in [-0.2, -0.15) is 0 Å². The van der Waals surface area contributed by atoms with Crippen molar-refractivity contribution in [3.63, 3.8) is 0 Å². The average molecular weight is 341 g/mol. The fourth-order valence-electron chi connectivity index (χ4n) is 3.15. The summed E-state index contributed by atoms with van der Waals surface area (Å²) in [7, 11) is 3.93. The fraction of sp³-hybridized carbons (Fsp3) is 0.600. The first-order valence-electron chi connectivity index (χ1n) is 7.04. The van der Waals surface area contributed by atoms with E-state index in [4.69, 9.17) is 9.47 Å². The Labute approximate surface area is 128 Å². The molecule has 0 aliphatic carbocycles. The number of rotatable bonds is 3. The molecule has 0 spiro atoms. The van der Waals surface area contributed by atoms with Gasteiger partial charge >= 0.3 is 0 Å². The Morgan fingerprint density at radius 3 is 3.00 bits per heavy atom. The molecule has 4 nitrogen and oxygen atoms in total. The third-order valence-electron chi connectivity index (χ3n) is 4.30. The molecule has 0 N–H and O–H groups in total. The van der Waals surface area contributed by atoms with Crippen molar-refractivity contribution < 1.29 is 9.47 Å². The smallest absolute Gasteiger partial charge is 0.124 e. The molecule has 2 heterocycles. The van der Waals surface area contributed by atoms with Crippen LogP contribution in [0.2, 0.25) is 0 Å². The van der Waals surface area contributed by atoms with Crippen molar-refractivity contribution in [2.75, 3.05) is 40.4 Å². The number of ether oxygens (including phenoxy) is 2. The van der Waals surface area contributed by atoms with E-state index in [2.05, 4.69) is 44.9 Å². The Morgan fingerprint density at radius 2 is 2.25 bits per heavy atom. The number of benzene rings is 1. The minimum atomic E-state index is 0.357. The number of likely N-dealkylation sites (tertiary alicyclic amines) is 1.